The molecule has 0 unspecified atom stereocenters. The van der Waals surface area contributed by atoms with Gasteiger partial charge in [-0.3, -0.25) is 4.79 Å². The van der Waals surface area contributed by atoms with E-state index in [1.807, 2.05) is 13.8 Å². The summed E-state index contributed by atoms with van der Waals surface area (Å²) in [5, 5.41) is 9.38. The van der Waals surface area contributed by atoms with E-state index in [-0.39, 0.29) is 18.7 Å². The van der Waals surface area contributed by atoms with Crippen molar-refractivity contribution in [1.29, 1.82) is 0 Å². The first-order chi connectivity index (χ1) is 7.10. The summed E-state index contributed by atoms with van der Waals surface area (Å²) >= 11 is 0. The lowest BCUT2D eigenvalue weighted by atomic mass is 9.85. The van der Waals surface area contributed by atoms with Crippen molar-refractivity contribution >= 4 is 5.97 Å². The van der Waals surface area contributed by atoms with Gasteiger partial charge in [-0.1, -0.05) is 13.8 Å². The highest BCUT2D eigenvalue weighted by molar-refractivity contribution is 5.73. The van der Waals surface area contributed by atoms with Gasteiger partial charge in [0.05, 0.1) is 18.6 Å². The Labute approximate surface area is 89.6 Å². The van der Waals surface area contributed by atoms with E-state index in [9.17, 15) is 9.90 Å². The third-order valence-corrected chi connectivity index (χ3v) is 3.80. The number of hydrogen-bond acceptors (Lipinski definition) is 4. The molecule has 0 bridgehead atoms. The summed E-state index contributed by atoms with van der Waals surface area (Å²) in [6.45, 7) is 3.99. The average molecular weight is 214 g/mol. The van der Waals surface area contributed by atoms with Crippen LogP contribution in [-0.4, -0.2) is 35.0 Å². The molecule has 1 N–H and O–H groups in total. The number of rotatable bonds is 3. The Hall–Kier alpha value is -0.610. The Kier molecular flexibility index (Phi) is 2.51. The standard InChI is InChI=1S/C11H18O4/c1-3-10(7-12)6-11(4-2)8(14-10)5-9(13)15-11/h8,12H,3-7H2,1-2H3/t8-,10-,11-/m1/s1. The summed E-state index contributed by atoms with van der Waals surface area (Å²) in [5.41, 5.74) is -0.975. The zero-order valence-electron chi connectivity index (χ0n) is 9.28. The molecule has 15 heavy (non-hydrogen) atoms. The van der Waals surface area contributed by atoms with Crippen LogP contribution in [-0.2, 0) is 14.3 Å². The van der Waals surface area contributed by atoms with Crippen LogP contribution in [0.5, 0.6) is 0 Å². The first kappa shape index (κ1) is 10.9. The van der Waals surface area contributed by atoms with Gasteiger partial charge in [0.25, 0.3) is 0 Å². The second-order valence-electron chi connectivity index (χ2n) is 4.57. The van der Waals surface area contributed by atoms with Gasteiger partial charge in [0.1, 0.15) is 11.7 Å². The molecule has 2 heterocycles. The molecule has 2 saturated heterocycles. The first-order valence-electron chi connectivity index (χ1n) is 5.60. The lowest BCUT2D eigenvalue weighted by molar-refractivity contribution is -0.149. The molecule has 0 aromatic rings. The van der Waals surface area contributed by atoms with Crippen molar-refractivity contribution in [2.75, 3.05) is 6.61 Å². The van der Waals surface area contributed by atoms with E-state index < -0.39 is 11.2 Å². The number of aliphatic hydroxyl groups is 1. The molecular weight excluding hydrogens is 196 g/mol. The minimum atomic E-state index is -0.499. The van der Waals surface area contributed by atoms with Gasteiger partial charge in [-0.15, -0.1) is 0 Å². The van der Waals surface area contributed by atoms with E-state index in [1.165, 1.54) is 0 Å². The van der Waals surface area contributed by atoms with Crippen LogP contribution in [0.1, 0.15) is 39.5 Å². The van der Waals surface area contributed by atoms with E-state index in [2.05, 4.69) is 0 Å². The molecule has 3 atom stereocenters. The average Bonchev–Trinajstić information content (AvgIpc) is 2.68. The molecule has 4 nitrogen and oxygen atoms in total. The number of aliphatic hydroxyl groups excluding tert-OH is 1. The molecule has 4 heteroatoms. The Morgan fingerprint density at radius 2 is 2.20 bits per heavy atom. The number of hydrogen-bond donors (Lipinski definition) is 1. The minimum Gasteiger partial charge on any atom is -0.456 e. The van der Waals surface area contributed by atoms with Crippen molar-refractivity contribution in [2.45, 2.75) is 56.8 Å². The lowest BCUT2D eigenvalue weighted by Crippen LogP contribution is -2.37. The molecule has 2 rings (SSSR count). The predicted molar refractivity (Wildman–Crippen MR) is 53.3 cm³/mol. The Morgan fingerprint density at radius 3 is 2.67 bits per heavy atom. The first-order valence-corrected chi connectivity index (χ1v) is 5.60. The fourth-order valence-corrected chi connectivity index (χ4v) is 2.70. The van der Waals surface area contributed by atoms with E-state index in [1.54, 1.807) is 0 Å². The highest BCUT2D eigenvalue weighted by Gasteiger charge is 2.60. The van der Waals surface area contributed by atoms with Crippen LogP contribution in [0.3, 0.4) is 0 Å². The quantitative estimate of drug-likeness (QED) is 0.712. The van der Waals surface area contributed by atoms with Crippen molar-refractivity contribution in [3.63, 3.8) is 0 Å². The molecule has 0 amide bonds. The predicted octanol–water partition coefficient (Wildman–Crippen LogP) is 1.01. The van der Waals surface area contributed by atoms with Crippen LogP contribution in [0, 0.1) is 0 Å². The van der Waals surface area contributed by atoms with Gasteiger partial charge in [0.15, 0.2) is 0 Å². The van der Waals surface area contributed by atoms with Gasteiger partial charge in [-0.25, -0.2) is 0 Å². The summed E-state index contributed by atoms with van der Waals surface area (Å²) in [6, 6.07) is 0. The van der Waals surface area contributed by atoms with E-state index in [0.717, 1.165) is 12.8 Å². The number of carbonyl (C=O) groups is 1. The van der Waals surface area contributed by atoms with Crippen LogP contribution in [0.25, 0.3) is 0 Å². The van der Waals surface area contributed by atoms with Crippen LogP contribution < -0.4 is 0 Å². The minimum absolute atomic E-state index is 0.000694. The van der Waals surface area contributed by atoms with E-state index in [0.29, 0.717) is 12.8 Å². The summed E-state index contributed by atoms with van der Waals surface area (Å²) in [7, 11) is 0. The van der Waals surface area contributed by atoms with Crippen LogP contribution in [0.2, 0.25) is 0 Å². The van der Waals surface area contributed by atoms with E-state index in [4.69, 9.17) is 9.47 Å². The SMILES string of the molecule is CC[C@]1(CO)C[C@@]2(CC)OC(=O)C[C@H]2O1. The smallest absolute Gasteiger partial charge is 0.309 e. The van der Waals surface area contributed by atoms with Crippen molar-refractivity contribution in [2.24, 2.45) is 0 Å². The van der Waals surface area contributed by atoms with Crippen LogP contribution in [0.4, 0.5) is 0 Å². The summed E-state index contributed by atoms with van der Waals surface area (Å²) in [5.74, 6) is -0.176. The van der Waals surface area contributed by atoms with Crippen molar-refractivity contribution in [3.8, 4) is 0 Å². The zero-order valence-corrected chi connectivity index (χ0v) is 9.28. The van der Waals surface area contributed by atoms with Gasteiger partial charge < -0.3 is 14.6 Å². The van der Waals surface area contributed by atoms with Gasteiger partial charge in [-0.05, 0) is 12.8 Å². The maximum absolute atomic E-state index is 11.2. The number of ether oxygens (including phenoxy) is 2. The fourth-order valence-electron chi connectivity index (χ4n) is 2.70. The molecule has 2 aliphatic rings. The van der Waals surface area contributed by atoms with Gasteiger partial charge in [0, 0.05) is 6.42 Å². The molecular formula is C11H18O4. The largest absolute Gasteiger partial charge is 0.456 e. The number of fused-ring (bicyclic) bond motifs is 1. The molecule has 0 aromatic carbocycles. The third kappa shape index (κ3) is 1.47. The van der Waals surface area contributed by atoms with Crippen molar-refractivity contribution < 1.29 is 19.4 Å². The molecule has 2 aliphatic heterocycles. The zero-order chi connectivity index (χ0) is 11.1. The molecule has 2 fully saturated rings. The molecule has 86 valence electrons. The topological polar surface area (TPSA) is 55.8 Å². The normalized spacial score (nSPS) is 44.2. The Morgan fingerprint density at radius 1 is 1.47 bits per heavy atom. The van der Waals surface area contributed by atoms with E-state index >= 15 is 0 Å². The Bertz CT molecular complexity index is 272. The molecule has 0 radical (unpaired) electrons. The molecule has 0 spiro atoms. The second-order valence-corrected chi connectivity index (χ2v) is 4.57. The van der Waals surface area contributed by atoms with Gasteiger partial charge >= 0.3 is 5.97 Å². The van der Waals surface area contributed by atoms with Crippen LogP contribution >= 0.6 is 0 Å². The summed E-state index contributed by atoms with van der Waals surface area (Å²) in [4.78, 5) is 11.2. The second kappa shape index (κ2) is 3.46. The molecule has 0 aromatic heterocycles. The summed E-state index contributed by atoms with van der Waals surface area (Å²) < 4.78 is 11.2. The van der Waals surface area contributed by atoms with Crippen molar-refractivity contribution in [3.05, 3.63) is 0 Å². The summed E-state index contributed by atoms with van der Waals surface area (Å²) in [6.07, 6.45) is 2.29. The lowest BCUT2D eigenvalue weighted by Gasteiger charge is -2.27. The van der Waals surface area contributed by atoms with Crippen LogP contribution in [0.15, 0.2) is 0 Å². The highest BCUT2D eigenvalue weighted by Crippen LogP contribution is 2.48. The maximum atomic E-state index is 11.2. The molecule has 0 saturated carbocycles. The maximum Gasteiger partial charge on any atom is 0.309 e. The Balaban J connectivity index is 2.23. The highest BCUT2D eigenvalue weighted by atomic mass is 16.6. The van der Waals surface area contributed by atoms with Gasteiger partial charge in [-0.2, -0.15) is 0 Å². The third-order valence-electron chi connectivity index (χ3n) is 3.80. The monoisotopic (exact) mass is 214 g/mol. The van der Waals surface area contributed by atoms with Gasteiger partial charge in [0.2, 0.25) is 0 Å². The fraction of sp³-hybridized carbons (Fsp3) is 0.909. The number of esters is 1. The number of carbonyl (C=O) groups excluding carboxylic acids is 1. The molecule has 0 aliphatic carbocycles. The van der Waals surface area contributed by atoms with Crippen molar-refractivity contribution in [1.82, 2.24) is 0 Å².